The van der Waals surface area contributed by atoms with Crippen LogP contribution in [0.15, 0.2) is 46.0 Å². The van der Waals surface area contributed by atoms with Crippen molar-refractivity contribution in [1.82, 2.24) is 5.43 Å². The van der Waals surface area contributed by atoms with Crippen LogP contribution < -0.4 is 11.3 Å². The summed E-state index contributed by atoms with van der Waals surface area (Å²) in [6.45, 7) is 0. The van der Waals surface area contributed by atoms with Crippen molar-refractivity contribution in [1.29, 1.82) is 0 Å². The van der Waals surface area contributed by atoms with Crippen molar-refractivity contribution < 1.29 is 8.83 Å². The maximum atomic E-state index is 5.46. The summed E-state index contributed by atoms with van der Waals surface area (Å²) in [7, 11) is 0. The molecule has 2 aromatic rings. The summed E-state index contributed by atoms with van der Waals surface area (Å²) in [5.41, 5.74) is 4.88. The Morgan fingerprint density at radius 3 is 2.57 bits per heavy atom. The van der Waals surface area contributed by atoms with E-state index in [4.69, 9.17) is 14.7 Å². The molecule has 14 heavy (non-hydrogen) atoms. The van der Waals surface area contributed by atoms with Crippen molar-refractivity contribution in [2.75, 3.05) is 0 Å². The van der Waals surface area contributed by atoms with Crippen LogP contribution in [0.25, 0.3) is 0 Å². The van der Waals surface area contributed by atoms with Crippen LogP contribution in [0.2, 0.25) is 0 Å². The van der Waals surface area contributed by atoms with Crippen LogP contribution in [0.4, 0.5) is 0 Å². The number of hydrazine groups is 1. The molecule has 0 spiro atoms. The Balaban J connectivity index is 2.08. The van der Waals surface area contributed by atoms with Crippen LogP contribution in [0.3, 0.4) is 0 Å². The van der Waals surface area contributed by atoms with E-state index in [0.29, 0.717) is 0 Å². The molecule has 3 N–H and O–H groups in total. The van der Waals surface area contributed by atoms with Crippen LogP contribution in [0.1, 0.15) is 17.2 Å². The Bertz CT molecular complexity index is 353. The SMILES string of the molecule is NNC(Cc1ccoc1)c1ccoc1. The van der Waals surface area contributed by atoms with Crippen molar-refractivity contribution in [3.05, 3.63) is 48.3 Å². The minimum atomic E-state index is 0.0614. The van der Waals surface area contributed by atoms with Crippen molar-refractivity contribution >= 4 is 0 Å². The van der Waals surface area contributed by atoms with Crippen LogP contribution >= 0.6 is 0 Å². The number of furan rings is 2. The van der Waals surface area contributed by atoms with Gasteiger partial charge in [0.05, 0.1) is 31.1 Å². The van der Waals surface area contributed by atoms with E-state index in [1.165, 1.54) is 0 Å². The molecule has 2 rings (SSSR count). The zero-order valence-electron chi connectivity index (χ0n) is 7.64. The molecule has 1 unspecified atom stereocenters. The highest BCUT2D eigenvalue weighted by molar-refractivity contribution is 5.16. The van der Waals surface area contributed by atoms with Crippen molar-refractivity contribution in [3.8, 4) is 0 Å². The lowest BCUT2D eigenvalue weighted by Crippen LogP contribution is -2.29. The molecular weight excluding hydrogens is 180 g/mol. The van der Waals surface area contributed by atoms with Gasteiger partial charge in [-0.3, -0.25) is 11.3 Å². The second-order valence-corrected chi connectivity index (χ2v) is 3.11. The molecule has 0 aliphatic rings. The molecule has 0 radical (unpaired) electrons. The van der Waals surface area contributed by atoms with Crippen molar-refractivity contribution in [3.63, 3.8) is 0 Å². The van der Waals surface area contributed by atoms with Crippen LogP contribution in [0, 0.1) is 0 Å². The van der Waals surface area contributed by atoms with Gasteiger partial charge in [0.15, 0.2) is 0 Å². The average molecular weight is 192 g/mol. The van der Waals surface area contributed by atoms with E-state index in [9.17, 15) is 0 Å². The summed E-state index contributed by atoms with van der Waals surface area (Å²) in [6, 6.07) is 3.88. The number of rotatable bonds is 4. The first kappa shape index (κ1) is 9.05. The fourth-order valence-corrected chi connectivity index (χ4v) is 1.39. The quantitative estimate of drug-likeness (QED) is 0.570. The first-order chi connectivity index (χ1) is 6.90. The molecule has 0 amide bonds. The van der Waals surface area contributed by atoms with E-state index < -0.39 is 0 Å². The van der Waals surface area contributed by atoms with Gasteiger partial charge in [0, 0.05) is 5.56 Å². The van der Waals surface area contributed by atoms with Gasteiger partial charge in [0.2, 0.25) is 0 Å². The highest BCUT2D eigenvalue weighted by Gasteiger charge is 2.11. The molecule has 0 saturated heterocycles. The third kappa shape index (κ3) is 1.86. The standard InChI is InChI=1S/C10H12N2O2/c11-12-10(9-2-4-14-7-9)5-8-1-3-13-6-8/h1-4,6-7,10,12H,5,11H2. The molecule has 0 saturated carbocycles. The Kier molecular flexibility index (Phi) is 2.67. The Hall–Kier alpha value is -1.52. The molecule has 2 heterocycles. The van der Waals surface area contributed by atoms with E-state index >= 15 is 0 Å². The normalized spacial score (nSPS) is 12.9. The second kappa shape index (κ2) is 4.13. The fraction of sp³-hybridized carbons (Fsp3) is 0.200. The van der Waals surface area contributed by atoms with Gasteiger partial charge in [-0.25, -0.2) is 0 Å². The number of nitrogens with one attached hydrogen (secondary N) is 1. The molecule has 0 fully saturated rings. The maximum absolute atomic E-state index is 5.46. The summed E-state index contributed by atoms with van der Waals surface area (Å²) < 4.78 is 9.98. The first-order valence-corrected chi connectivity index (χ1v) is 4.39. The smallest absolute Gasteiger partial charge is 0.0950 e. The van der Waals surface area contributed by atoms with E-state index in [2.05, 4.69) is 5.43 Å². The Morgan fingerprint density at radius 2 is 2.00 bits per heavy atom. The van der Waals surface area contributed by atoms with E-state index in [1.54, 1.807) is 25.1 Å². The lowest BCUT2D eigenvalue weighted by Gasteiger charge is -2.12. The third-order valence-electron chi connectivity index (χ3n) is 2.17. The van der Waals surface area contributed by atoms with Gasteiger partial charge in [-0.15, -0.1) is 0 Å². The monoisotopic (exact) mass is 192 g/mol. The minimum Gasteiger partial charge on any atom is -0.472 e. The van der Waals surface area contributed by atoms with E-state index in [1.807, 2.05) is 12.1 Å². The zero-order valence-corrected chi connectivity index (χ0v) is 7.64. The van der Waals surface area contributed by atoms with Crippen molar-refractivity contribution in [2.24, 2.45) is 5.84 Å². The maximum Gasteiger partial charge on any atom is 0.0950 e. The van der Waals surface area contributed by atoms with E-state index in [-0.39, 0.29) is 6.04 Å². The molecular formula is C10H12N2O2. The average Bonchev–Trinajstić information content (AvgIpc) is 2.86. The van der Waals surface area contributed by atoms with Crippen LogP contribution in [0.5, 0.6) is 0 Å². The van der Waals surface area contributed by atoms with Gasteiger partial charge < -0.3 is 8.83 Å². The summed E-state index contributed by atoms with van der Waals surface area (Å²) in [5, 5.41) is 0. The van der Waals surface area contributed by atoms with Crippen LogP contribution in [-0.4, -0.2) is 0 Å². The molecule has 2 aromatic heterocycles. The highest BCUT2D eigenvalue weighted by Crippen LogP contribution is 2.17. The minimum absolute atomic E-state index is 0.0614. The molecule has 0 aromatic carbocycles. The topological polar surface area (TPSA) is 64.3 Å². The number of hydrogen-bond acceptors (Lipinski definition) is 4. The lowest BCUT2D eigenvalue weighted by atomic mass is 10.0. The summed E-state index contributed by atoms with van der Waals surface area (Å²) in [4.78, 5) is 0. The molecule has 1 atom stereocenters. The zero-order chi connectivity index (χ0) is 9.80. The Labute approximate surface area is 81.7 Å². The molecule has 0 aliphatic heterocycles. The molecule has 4 heteroatoms. The molecule has 4 nitrogen and oxygen atoms in total. The van der Waals surface area contributed by atoms with Gasteiger partial charge in [-0.2, -0.15) is 0 Å². The van der Waals surface area contributed by atoms with Gasteiger partial charge in [-0.1, -0.05) is 0 Å². The van der Waals surface area contributed by atoms with Gasteiger partial charge in [-0.05, 0) is 24.1 Å². The molecule has 0 aliphatic carbocycles. The van der Waals surface area contributed by atoms with E-state index in [0.717, 1.165) is 17.5 Å². The number of hydrogen-bond donors (Lipinski definition) is 2. The van der Waals surface area contributed by atoms with Crippen LogP contribution in [-0.2, 0) is 6.42 Å². The molecule has 74 valence electrons. The summed E-state index contributed by atoms with van der Waals surface area (Å²) in [6.07, 6.45) is 7.47. The number of nitrogens with two attached hydrogens (primary N) is 1. The largest absolute Gasteiger partial charge is 0.472 e. The predicted molar refractivity (Wildman–Crippen MR) is 51.2 cm³/mol. The first-order valence-electron chi connectivity index (χ1n) is 4.39. The third-order valence-corrected chi connectivity index (χ3v) is 2.17. The lowest BCUT2D eigenvalue weighted by molar-refractivity contribution is 0.519. The highest BCUT2D eigenvalue weighted by atomic mass is 16.3. The fourth-order valence-electron chi connectivity index (χ4n) is 1.39. The Morgan fingerprint density at radius 1 is 1.21 bits per heavy atom. The predicted octanol–water partition coefficient (Wildman–Crippen LogP) is 1.62. The molecule has 0 bridgehead atoms. The second-order valence-electron chi connectivity index (χ2n) is 3.11. The summed E-state index contributed by atoms with van der Waals surface area (Å²) >= 11 is 0. The van der Waals surface area contributed by atoms with Crippen molar-refractivity contribution in [2.45, 2.75) is 12.5 Å². The van der Waals surface area contributed by atoms with Gasteiger partial charge >= 0.3 is 0 Å². The van der Waals surface area contributed by atoms with Gasteiger partial charge in [0.1, 0.15) is 0 Å². The summed E-state index contributed by atoms with van der Waals surface area (Å²) in [5.74, 6) is 5.46. The van der Waals surface area contributed by atoms with Gasteiger partial charge in [0.25, 0.3) is 0 Å².